The Bertz CT molecular complexity index is 956. The summed E-state index contributed by atoms with van der Waals surface area (Å²) in [7, 11) is 0. The Balaban J connectivity index is 1.89. The summed E-state index contributed by atoms with van der Waals surface area (Å²) in [4.78, 5) is 16.4. The molecule has 22 heavy (non-hydrogen) atoms. The number of benzene rings is 1. The molecule has 1 aliphatic rings. The van der Waals surface area contributed by atoms with Crippen LogP contribution in [0.15, 0.2) is 23.2 Å². The van der Waals surface area contributed by atoms with Crippen LogP contribution < -0.4 is 0 Å². The number of fused-ring (bicyclic) bond motifs is 2. The van der Waals surface area contributed by atoms with Crippen LogP contribution in [0.25, 0.3) is 22.6 Å². The van der Waals surface area contributed by atoms with Crippen molar-refractivity contribution >= 4 is 22.7 Å². The van der Waals surface area contributed by atoms with Crippen LogP contribution in [0, 0.1) is 6.92 Å². The molecule has 0 aliphatic carbocycles. The van der Waals surface area contributed by atoms with E-state index in [1.54, 1.807) is 6.92 Å². The van der Waals surface area contributed by atoms with Crippen molar-refractivity contribution in [3.05, 3.63) is 29.3 Å². The number of hydrogen-bond acceptors (Lipinski definition) is 5. The van der Waals surface area contributed by atoms with Crippen LogP contribution >= 0.6 is 0 Å². The lowest BCUT2D eigenvalue weighted by atomic mass is 10.1. The number of phenolic OH excluding ortho intramolecular Hbond substituents is 2. The molecule has 1 aliphatic heterocycles. The second-order valence-corrected chi connectivity index (χ2v) is 5.61. The Morgan fingerprint density at radius 2 is 1.86 bits per heavy atom. The van der Waals surface area contributed by atoms with E-state index in [1.807, 2.05) is 13.0 Å². The highest BCUT2D eigenvalue weighted by atomic mass is 16.3. The molecule has 0 bridgehead atoms. The van der Waals surface area contributed by atoms with Crippen LogP contribution in [0.2, 0.25) is 0 Å². The first-order valence-electron chi connectivity index (χ1n) is 6.98. The molecule has 0 fully saturated rings. The van der Waals surface area contributed by atoms with E-state index < -0.39 is 0 Å². The first kappa shape index (κ1) is 12.8. The van der Waals surface area contributed by atoms with Gasteiger partial charge in [-0.05, 0) is 37.6 Å². The van der Waals surface area contributed by atoms with Gasteiger partial charge in [-0.25, -0.2) is 15.0 Å². The molecule has 0 unspecified atom stereocenters. The van der Waals surface area contributed by atoms with Crippen LogP contribution in [0.3, 0.4) is 0 Å². The number of pyridine rings is 1. The molecule has 0 saturated heterocycles. The number of hydrogen-bond donors (Lipinski definition) is 3. The van der Waals surface area contributed by atoms with Gasteiger partial charge in [0.15, 0.2) is 11.5 Å². The van der Waals surface area contributed by atoms with E-state index in [0.717, 1.165) is 23.2 Å². The summed E-state index contributed by atoms with van der Waals surface area (Å²) in [5, 5.41) is 19.9. The average molecular weight is 294 g/mol. The summed E-state index contributed by atoms with van der Waals surface area (Å²) in [5.74, 6) is 1.36. The van der Waals surface area contributed by atoms with Gasteiger partial charge in [-0.3, -0.25) is 0 Å². The Kier molecular flexibility index (Phi) is 2.51. The average Bonchev–Trinajstić information content (AvgIpc) is 3.01. The van der Waals surface area contributed by atoms with E-state index >= 15 is 0 Å². The van der Waals surface area contributed by atoms with Crippen molar-refractivity contribution in [2.45, 2.75) is 20.3 Å². The van der Waals surface area contributed by atoms with E-state index in [9.17, 15) is 10.2 Å². The van der Waals surface area contributed by atoms with Gasteiger partial charge in [-0.2, -0.15) is 0 Å². The maximum atomic E-state index is 10.1. The van der Waals surface area contributed by atoms with Gasteiger partial charge in [0.1, 0.15) is 17.3 Å². The molecule has 3 N–H and O–H groups in total. The number of aromatic hydroxyl groups is 2. The summed E-state index contributed by atoms with van der Waals surface area (Å²) in [6.07, 6.45) is 0.795. The van der Waals surface area contributed by atoms with Gasteiger partial charge < -0.3 is 15.2 Å². The van der Waals surface area contributed by atoms with Crippen molar-refractivity contribution in [1.82, 2.24) is 15.0 Å². The summed E-state index contributed by atoms with van der Waals surface area (Å²) in [6, 6.07) is 5.00. The highest BCUT2D eigenvalue weighted by Gasteiger charge is 2.18. The highest BCUT2D eigenvalue weighted by molar-refractivity contribution is 5.93. The first-order chi connectivity index (χ1) is 10.5. The van der Waals surface area contributed by atoms with Gasteiger partial charge in [0.05, 0.1) is 11.1 Å². The lowest BCUT2D eigenvalue weighted by molar-refractivity contribution is 0.458. The fourth-order valence-corrected chi connectivity index (χ4v) is 2.70. The number of nitrogens with zero attached hydrogens (tertiary/aromatic N) is 3. The molecule has 4 rings (SSSR count). The van der Waals surface area contributed by atoms with Crippen molar-refractivity contribution in [3.63, 3.8) is 0 Å². The number of imidazole rings is 1. The van der Waals surface area contributed by atoms with Crippen LogP contribution in [0.1, 0.15) is 18.1 Å². The molecule has 110 valence electrons. The molecule has 0 spiro atoms. The van der Waals surface area contributed by atoms with Gasteiger partial charge in [0.25, 0.3) is 0 Å². The SMILES string of the molecule is CC1=Nc2nc3nc(-c4cc(O)c(C)cc4O)[nH]c3cc2C1. The molecule has 0 atom stereocenters. The van der Waals surface area contributed by atoms with Crippen LogP contribution in [0.4, 0.5) is 5.82 Å². The third-order valence-corrected chi connectivity index (χ3v) is 3.84. The fraction of sp³-hybridized carbons (Fsp3) is 0.188. The number of aryl methyl sites for hydroxylation is 1. The third-order valence-electron chi connectivity index (χ3n) is 3.84. The monoisotopic (exact) mass is 294 g/mol. The molecule has 2 aromatic heterocycles. The van der Waals surface area contributed by atoms with Crippen molar-refractivity contribution in [2.75, 3.05) is 0 Å². The van der Waals surface area contributed by atoms with Gasteiger partial charge >= 0.3 is 0 Å². The van der Waals surface area contributed by atoms with E-state index in [4.69, 9.17) is 0 Å². The fourth-order valence-electron chi connectivity index (χ4n) is 2.70. The number of aromatic amines is 1. The normalized spacial score (nSPS) is 13.5. The van der Waals surface area contributed by atoms with Crippen molar-refractivity contribution in [2.24, 2.45) is 4.99 Å². The second-order valence-electron chi connectivity index (χ2n) is 5.61. The Hall–Kier alpha value is -2.89. The summed E-state index contributed by atoms with van der Waals surface area (Å²) < 4.78 is 0. The lowest BCUT2D eigenvalue weighted by Crippen LogP contribution is -1.89. The van der Waals surface area contributed by atoms with E-state index in [-0.39, 0.29) is 11.5 Å². The smallest absolute Gasteiger partial charge is 0.180 e. The molecule has 0 amide bonds. The largest absolute Gasteiger partial charge is 0.508 e. The van der Waals surface area contributed by atoms with E-state index in [1.165, 1.54) is 12.1 Å². The zero-order valence-corrected chi connectivity index (χ0v) is 12.2. The van der Waals surface area contributed by atoms with Gasteiger partial charge in [0, 0.05) is 17.7 Å². The molecular weight excluding hydrogens is 280 g/mol. The van der Waals surface area contributed by atoms with Crippen LogP contribution in [-0.2, 0) is 6.42 Å². The molecular formula is C16H14N4O2. The van der Waals surface area contributed by atoms with E-state index in [2.05, 4.69) is 19.9 Å². The molecule has 1 aromatic carbocycles. The maximum absolute atomic E-state index is 10.1. The third kappa shape index (κ3) is 1.84. The van der Waals surface area contributed by atoms with Gasteiger partial charge in [-0.1, -0.05) is 0 Å². The standard InChI is InChI=1S/C16H14N4O2/c1-7-3-13(22)10(6-12(7)21)15-18-11-5-9-4-8(2)17-14(9)19-16(11)20-15/h3,5-6,21-22H,4H2,1-2H3,(H,18,19,20). The number of H-pyrrole nitrogens is 1. The number of aromatic nitrogens is 3. The van der Waals surface area contributed by atoms with E-state index in [0.29, 0.717) is 28.4 Å². The highest BCUT2D eigenvalue weighted by Crippen LogP contribution is 2.35. The minimum Gasteiger partial charge on any atom is -0.508 e. The molecule has 3 aromatic rings. The molecule has 0 radical (unpaired) electrons. The second kappa shape index (κ2) is 4.30. The van der Waals surface area contributed by atoms with Gasteiger partial charge in [0.2, 0.25) is 0 Å². The van der Waals surface area contributed by atoms with Gasteiger partial charge in [-0.15, -0.1) is 0 Å². The first-order valence-corrected chi connectivity index (χ1v) is 6.98. The lowest BCUT2D eigenvalue weighted by Gasteiger charge is -2.04. The number of rotatable bonds is 1. The zero-order chi connectivity index (χ0) is 15.4. The summed E-state index contributed by atoms with van der Waals surface area (Å²) >= 11 is 0. The maximum Gasteiger partial charge on any atom is 0.180 e. The van der Waals surface area contributed by atoms with Crippen LogP contribution in [-0.4, -0.2) is 30.9 Å². The Labute approximate surface area is 126 Å². The Morgan fingerprint density at radius 1 is 1.05 bits per heavy atom. The quantitative estimate of drug-likeness (QED) is 0.601. The van der Waals surface area contributed by atoms with Crippen molar-refractivity contribution in [1.29, 1.82) is 0 Å². The number of phenols is 2. The number of aliphatic imine (C=N–C) groups is 1. The van der Waals surface area contributed by atoms with Crippen molar-refractivity contribution < 1.29 is 10.2 Å². The topological polar surface area (TPSA) is 94.4 Å². The van der Waals surface area contributed by atoms with Crippen LogP contribution in [0.5, 0.6) is 11.5 Å². The molecule has 0 saturated carbocycles. The predicted molar refractivity (Wildman–Crippen MR) is 83.9 cm³/mol. The predicted octanol–water partition coefficient (Wildman–Crippen LogP) is 2.99. The summed E-state index contributed by atoms with van der Waals surface area (Å²) in [6.45, 7) is 3.70. The molecule has 6 heteroatoms. The minimum atomic E-state index is 0.0655. The summed E-state index contributed by atoms with van der Waals surface area (Å²) in [5.41, 5.74) is 4.50. The molecule has 3 heterocycles. The minimum absolute atomic E-state index is 0.0655. The number of nitrogens with one attached hydrogen (secondary N) is 1. The molecule has 6 nitrogen and oxygen atoms in total. The Morgan fingerprint density at radius 3 is 2.68 bits per heavy atom. The zero-order valence-electron chi connectivity index (χ0n) is 12.2. The van der Waals surface area contributed by atoms with Crippen molar-refractivity contribution in [3.8, 4) is 22.9 Å².